The number of anilines is 1. The fourth-order valence-corrected chi connectivity index (χ4v) is 2.86. The van der Waals surface area contributed by atoms with E-state index in [9.17, 15) is 5.11 Å². The molecule has 0 aromatic carbocycles. The molecule has 0 spiro atoms. The highest BCUT2D eigenvalue weighted by atomic mass is 32.1. The van der Waals surface area contributed by atoms with Crippen LogP contribution in [0.15, 0.2) is 0 Å². The van der Waals surface area contributed by atoms with Crippen LogP contribution >= 0.6 is 11.3 Å². The lowest BCUT2D eigenvalue weighted by atomic mass is 10.2. The van der Waals surface area contributed by atoms with E-state index in [1.54, 1.807) is 11.3 Å². The largest absolute Gasteiger partial charge is 0.394 e. The van der Waals surface area contributed by atoms with Crippen LogP contribution in [0, 0.1) is 13.8 Å². The number of aliphatic hydroxyl groups excluding tert-OH is 1. The van der Waals surface area contributed by atoms with E-state index < -0.39 is 0 Å². The zero-order valence-electron chi connectivity index (χ0n) is 8.66. The number of hydrogen-bond acceptors (Lipinski definition) is 4. The van der Waals surface area contributed by atoms with Gasteiger partial charge in [-0.1, -0.05) is 0 Å². The van der Waals surface area contributed by atoms with Crippen LogP contribution < -0.4 is 4.90 Å². The molecule has 1 unspecified atom stereocenters. The smallest absolute Gasteiger partial charge is 0.186 e. The summed E-state index contributed by atoms with van der Waals surface area (Å²) in [5.74, 6) is 0. The lowest BCUT2D eigenvalue weighted by molar-refractivity contribution is 0.266. The maximum absolute atomic E-state index is 9.21. The molecule has 14 heavy (non-hydrogen) atoms. The van der Waals surface area contributed by atoms with Gasteiger partial charge < -0.3 is 10.0 Å². The molecule has 3 nitrogen and oxygen atoms in total. The second-order valence-electron chi connectivity index (χ2n) is 3.81. The predicted molar refractivity (Wildman–Crippen MR) is 59.0 cm³/mol. The van der Waals surface area contributed by atoms with Crippen LogP contribution in [0.5, 0.6) is 0 Å². The van der Waals surface area contributed by atoms with Crippen molar-refractivity contribution in [2.75, 3.05) is 18.1 Å². The molecule has 1 aliphatic rings. The fourth-order valence-electron chi connectivity index (χ4n) is 1.86. The Morgan fingerprint density at radius 3 is 2.93 bits per heavy atom. The Kier molecular flexibility index (Phi) is 2.74. The molecule has 4 heteroatoms. The summed E-state index contributed by atoms with van der Waals surface area (Å²) in [6.45, 7) is 5.43. The third-order valence-electron chi connectivity index (χ3n) is 2.85. The standard InChI is InChI=1S/C10H16N2OS/c1-7-8(2)14-10(11-7)12-5-3-4-9(12)6-13/h9,13H,3-6H2,1-2H3. The summed E-state index contributed by atoms with van der Waals surface area (Å²) in [5, 5.41) is 10.3. The third kappa shape index (κ3) is 1.64. The second kappa shape index (κ2) is 3.87. The molecule has 1 aromatic rings. The minimum Gasteiger partial charge on any atom is -0.394 e. The van der Waals surface area contributed by atoms with Gasteiger partial charge >= 0.3 is 0 Å². The van der Waals surface area contributed by atoms with Crippen molar-refractivity contribution in [2.45, 2.75) is 32.7 Å². The van der Waals surface area contributed by atoms with Gasteiger partial charge in [0.1, 0.15) is 0 Å². The molecular weight excluding hydrogens is 196 g/mol. The maximum atomic E-state index is 9.21. The molecule has 2 heterocycles. The quantitative estimate of drug-likeness (QED) is 0.811. The average Bonchev–Trinajstić information content (AvgIpc) is 2.73. The summed E-state index contributed by atoms with van der Waals surface area (Å²) < 4.78 is 0. The molecule has 1 aliphatic heterocycles. The van der Waals surface area contributed by atoms with Gasteiger partial charge in [0.05, 0.1) is 18.3 Å². The number of hydrogen-bond donors (Lipinski definition) is 1. The number of thiazole rings is 1. The van der Waals surface area contributed by atoms with Crippen molar-refractivity contribution in [1.82, 2.24) is 4.98 Å². The molecule has 1 atom stereocenters. The van der Waals surface area contributed by atoms with Crippen LogP contribution in [0.4, 0.5) is 5.13 Å². The van der Waals surface area contributed by atoms with Gasteiger partial charge in [0.2, 0.25) is 0 Å². The maximum Gasteiger partial charge on any atom is 0.186 e. The molecule has 0 saturated carbocycles. The summed E-state index contributed by atoms with van der Waals surface area (Å²) in [6, 6.07) is 0.292. The SMILES string of the molecule is Cc1nc(N2CCCC2CO)sc1C. The van der Waals surface area contributed by atoms with Crippen molar-refractivity contribution in [3.8, 4) is 0 Å². The molecule has 1 aromatic heterocycles. The molecule has 0 radical (unpaired) electrons. The Balaban J connectivity index is 2.21. The second-order valence-corrected chi connectivity index (χ2v) is 4.99. The van der Waals surface area contributed by atoms with Crippen molar-refractivity contribution >= 4 is 16.5 Å². The van der Waals surface area contributed by atoms with Crippen molar-refractivity contribution in [1.29, 1.82) is 0 Å². The number of rotatable bonds is 2. The van der Waals surface area contributed by atoms with Crippen LogP contribution in [-0.4, -0.2) is 29.3 Å². The highest BCUT2D eigenvalue weighted by molar-refractivity contribution is 7.15. The Bertz CT molecular complexity index is 304. The third-order valence-corrected chi connectivity index (χ3v) is 3.96. The summed E-state index contributed by atoms with van der Waals surface area (Å²) in [5.41, 5.74) is 1.12. The fraction of sp³-hybridized carbons (Fsp3) is 0.700. The predicted octanol–water partition coefficient (Wildman–Crippen LogP) is 1.72. The van der Waals surface area contributed by atoms with Gasteiger partial charge in [0.25, 0.3) is 0 Å². The summed E-state index contributed by atoms with van der Waals surface area (Å²) >= 11 is 1.73. The summed E-state index contributed by atoms with van der Waals surface area (Å²) in [4.78, 5) is 8.05. The van der Waals surface area contributed by atoms with Crippen molar-refractivity contribution in [2.24, 2.45) is 0 Å². The van der Waals surface area contributed by atoms with Crippen molar-refractivity contribution < 1.29 is 5.11 Å². The number of nitrogens with zero attached hydrogens (tertiary/aromatic N) is 2. The molecule has 0 amide bonds. The van der Waals surface area contributed by atoms with E-state index >= 15 is 0 Å². The van der Waals surface area contributed by atoms with Gasteiger partial charge in [0.15, 0.2) is 5.13 Å². The van der Waals surface area contributed by atoms with Crippen molar-refractivity contribution in [3.63, 3.8) is 0 Å². The molecule has 1 fully saturated rings. The monoisotopic (exact) mass is 212 g/mol. The highest BCUT2D eigenvalue weighted by Gasteiger charge is 2.26. The van der Waals surface area contributed by atoms with Crippen LogP contribution in [0.25, 0.3) is 0 Å². The molecule has 78 valence electrons. The normalized spacial score (nSPS) is 21.9. The molecule has 0 aliphatic carbocycles. The minimum atomic E-state index is 0.248. The highest BCUT2D eigenvalue weighted by Crippen LogP contribution is 2.30. The van der Waals surface area contributed by atoms with Crippen LogP contribution in [0.2, 0.25) is 0 Å². The topological polar surface area (TPSA) is 36.4 Å². The van der Waals surface area contributed by atoms with Crippen LogP contribution in [0.1, 0.15) is 23.4 Å². The van der Waals surface area contributed by atoms with E-state index in [-0.39, 0.29) is 6.61 Å². The van der Waals surface area contributed by atoms with E-state index in [2.05, 4.69) is 16.8 Å². The lowest BCUT2D eigenvalue weighted by Gasteiger charge is -2.21. The van der Waals surface area contributed by atoms with Crippen molar-refractivity contribution in [3.05, 3.63) is 10.6 Å². The van der Waals surface area contributed by atoms with E-state index in [1.807, 2.05) is 6.92 Å². The van der Waals surface area contributed by atoms with E-state index in [4.69, 9.17) is 0 Å². The summed E-state index contributed by atoms with van der Waals surface area (Å²) in [7, 11) is 0. The van der Waals surface area contributed by atoms with Crippen LogP contribution in [0.3, 0.4) is 0 Å². The van der Waals surface area contributed by atoms with E-state index in [1.165, 1.54) is 11.3 Å². The number of aliphatic hydroxyl groups is 1. The average molecular weight is 212 g/mol. The zero-order chi connectivity index (χ0) is 10.1. The lowest BCUT2D eigenvalue weighted by Crippen LogP contribution is -2.31. The molecule has 1 N–H and O–H groups in total. The number of aryl methyl sites for hydroxylation is 2. The van der Waals surface area contributed by atoms with E-state index in [0.717, 1.165) is 23.8 Å². The summed E-state index contributed by atoms with van der Waals surface area (Å²) in [6.07, 6.45) is 2.26. The van der Waals surface area contributed by atoms with Gasteiger partial charge in [-0.05, 0) is 26.7 Å². The minimum absolute atomic E-state index is 0.248. The molecule has 1 saturated heterocycles. The van der Waals surface area contributed by atoms with Gasteiger partial charge in [-0.25, -0.2) is 4.98 Å². The first kappa shape index (κ1) is 9.93. The van der Waals surface area contributed by atoms with Crippen LogP contribution in [-0.2, 0) is 0 Å². The zero-order valence-corrected chi connectivity index (χ0v) is 9.47. The first-order valence-electron chi connectivity index (χ1n) is 5.04. The van der Waals surface area contributed by atoms with Gasteiger partial charge in [-0.15, -0.1) is 11.3 Å². The molecule has 0 bridgehead atoms. The Hall–Kier alpha value is -0.610. The first-order valence-corrected chi connectivity index (χ1v) is 5.85. The Labute approximate surface area is 88.4 Å². The van der Waals surface area contributed by atoms with E-state index in [0.29, 0.717) is 6.04 Å². The van der Waals surface area contributed by atoms with Gasteiger partial charge in [0, 0.05) is 11.4 Å². The first-order chi connectivity index (χ1) is 6.72. The van der Waals surface area contributed by atoms with Gasteiger partial charge in [-0.3, -0.25) is 0 Å². The Morgan fingerprint density at radius 1 is 1.57 bits per heavy atom. The van der Waals surface area contributed by atoms with Gasteiger partial charge in [-0.2, -0.15) is 0 Å². The molecular formula is C10H16N2OS. The number of aromatic nitrogens is 1. The Morgan fingerprint density at radius 2 is 2.36 bits per heavy atom. The molecule has 2 rings (SSSR count).